The zero-order chi connectivity index (χ0) is 10.8. The first-order valence-corrected chi connectivity index (χ1v) is 5.21. The second-order valence-corrected chi connectivity index (χ2v) is 3.12. The van der Waals surface area contributed by atoms with Crippen molar-refractivity contribution in [2.45, 2.75) is 6.42 Å². The maximum Gasteiger partial charge on any atom is 0.145 e. The fourth-order valence-electron chi connectivity index (χ4n) is 0.862. The molecule has 0 spiro atoms. The standard InChI is InChI=1S/C10H18O3Si/c1-4-9(11-2)8-10(12-3)6-5-7-13-14/h4,6,8H,1,5,7H2,2-3,14H3. The van der Waals surface area contributed by atoms with Crippen LogP contribution in [0.15, 0.2) is 36.3 Å². The predicted molar refractivity (Wildman–Crippen MR) is 60.9 cm³/mol. The molecule has 0 aromatic rings. The average Bonchev–Trinajstić information content (AvgIpc) is 2.23. The molecular formula is C10H18O3Si. The average molecular weight is 214 g/mol. The zero-order valence-electron chi connectivity index (χ0n) is 9.08. The number of methoxy groups -OCH3 is 2. The van der Waals surface area contributed by atoms with Crippen molar-refractivity contribution < 1.29 is 13.9 Å². The molecule has 0 rings (SSSR count). The van der Waals surface area contributed by atoms with Crippen LogP contribution in [0, 0.1) is 0 Å². The van der Waals surface area contributed by atoms with Crippen LogP contribution in [0.4, 0.5) is 0 Å². The summed E-state index contributed by atoms with van der Waals surface area (Å²) >= 11 is 0. The number of hydrogen-bond acceptors (Lipinski definition) is 3. The van der Waals surface area contributed by atoms with Crippen molar-refractivity contribution in [1.29, 1.82) is 0 Å². The monoisotopic (exact) mass is 214 g/mol. The molecule has 80 valence electrons. The molecule has 0 aromatic carbocycles. The van der Waals surface area contributed by atoms with Crippen LogP contribution in [0.1, 0.15) is 6.42 Å². The number of rotatable bonds is 7. The first-order chi connectivity index (χ1) is 6.78. The molecule has 0 aliphatic rings. The highest BCUT2D eigenvalue weighted by Crippen LogP contribution is 2.06. The van der Waals surface area contributed by atoms with Gasteiger partial charge in [0.15, 0.2) is 0 Å². The third kappa shape index (κ3) is 5.61. The summed E-state index contributed by atoms with van der Waals surface area (Å²) in [5.74, 6) is 1.45. The van der Waals surface area contributed by atoms with Crippen LogP contribution in [0.2, 0.25) is 0 Å². The van der Waals surface area contributed by atoms with Crippen molar-refractivity contribution in [3.05, 3.63) is 36.3 Å². The lowest BCUT2D eigenvalue weighted by molar-refractivity contribution is 0.282. The van der Waals surface area contributed by atoms with Gasteiger partial charge >= 0.3 is 0 Å². The van der Waals surface area contributed by atoms with Gasteiger partial charge in [-0.1, -0.05) is 6.58 Å². The number of ether oxygens (including phenoxy) is 2. The van der Waals surface area contributed by atoms with Gasteiger partial charge in [0.05, 0.1) is 14.2 Å². The molecule has 0 fully saturated rings. The third-order valence-electron chi connectivity index (χ3n) is 1.62. The fourth-order valence-corrected chi connectivity index (χ4v) is 1.10. The SMILES string of the molecule is C=CC(=CC(=CCCO[SiH3])OC)OC. The molecule has 0 heterocycles. The molecule has 0 saturated heterocycles. The van der Waals surface area contributed by atoms with Gasteiger partial charge < -0.3 is 13.9 Å². The second kappa shape index (κ2) is 8.59. The van der Waals surface area contributed by atoms with E-state index in [0.717, 1.165) is 29.3 Å². The van der Waals surface area contributed by atoms with Crippen molar-refractivity contribution in [2.24, 2.45) is 0 Å². The van der Waals surface area contributed by atoms with Crippen LogP contribution in [-0.4, -0.2) is 31.3 Å². The van der Waals surface area contributed by atoms with Crippen LogP contribution >= 0.6 is 0 Å². The van der Waals surface area contributed by atoms with Crippen LogP contribution in [0.5, 0.6) is 0 Å². The summed E-state index contributed by atoms with van der Waals surface area (Å²) in [4.78, 5) is 0. The van der Waals surface area contributed by atoms with E-state index in [-0.39, 0.29) is 0 Å². The van der Waals surface area contributed by atoms with Gasteiger partial charge in [-0.2, -0.15) is 0 Å². The molecule has 0 atom stereocenters. The predicted octanol–water partition coefficient (Wildman–Crippen LogP) is 0.920. The molecule has 3 nitrogen and oxygen atoms in total. The molecule has 0 unspecified atom stereocenters. The van der Waals surface area contributed by atoms with Gasteiger partial charge in [-0.25, -0.2) is 0 Å². The van der Waals surface area contributed by atoms with E-state index in [4.69, 9.17) is 13.9 Å². The topological polar surface area (TPSA) is 27.7 Å². The summed E-state index contributed by atoms with van der Waals surface area (Å²) in [6, 6.07) is 0. The Hall–Kier alpha value is -1.00. The Labute approximate surface area is 88.6 Å². The van der Waals surface area contributed by atoms with Crippen LogP contribution in [0.3, 0.4) is 0 Å². The van der Waals surface area contributed by atoms with Crippen molar-refractivity contribution >= 4 is 10.5 Å². The maximum atomic E-state index is 5.14. The van der Waals surface area contributed by atoms with Crippen molar-refractivity contribution in [2.75, 3.05) is 20.8 Å². The Balaban J connectivity index is 4.31. The Morgan fingerprint density at radius 1 is 1.29 bits per heavy atom. The summed E-state index contributed by atoms with van der Waals surface area (Å²) in [5.41, 5.74) is 0. The maximum absolute atomic E-state index is 5.14. The molecule has 0 aliphatic heterocycles. The molecular weight excluding hydrogens is 196 g/mol. The molecule has 0 amide bonds. The fraction of sp³-hybridized carbons (Fsp3) is 0.400. The molecule has 4 heteroatoms. The normalized spacial score (nSPS) is 12.7. The highest BCUT2D eigenvalue weighted by Gasteiger charge is 1.94. The Morgan fingerprint density at radius 3 is 2.36 bits per heavy atom. The quantitative estimate of drug-likeness (QED) is 0.273. The highest BCUT2D eigenvalue weighted by atomic mass is 28.2. The van der Waals surface area contributed by atoms with E-state index in [1.165, 1.54) is 0 Å². The van der Waals surface area contributed by atoms with Gasteiger partial charge in [-0.15, -0.1) is 0 Å². The summed E-state index contributed by atoms with van der Waals surface area (Å²) in [6.07, 6.45) is 6.23. The minimum atomic E-state index is 0.685. The van der Waals surface area contributed by atoms with Crippen molar-refractivity contribution in [3.8, 4) is 0 Å². The molecule has 0 aliphatic carbocycles. The minimum absolute atomic E-state index is 0.685. The summed E-state index contributed by atoms with van der Waals surface area (Å²) in [7, 11) is 4.00. The summed E-state index contributed by atoms with van der Waals surface area (Å²) in [5, 5.41) is 0. The minimum Gasteiger partial charge on any atom is -0.497 e. The van der Waals surface area contributed by atoms with Gasteiger partial charge in [-0.3, -0.25) is 0 Å². The molecule has 0 N–H and O–H groups in total. The largest absolute Gasteiger partial charge is 0.497 e. The summed E-state index contributed by atoms with van der Waals surface area (Å²) in [6.45, 7) is 4.36. The van der Waals surface area contributed by atoms with Gasteiger partial charge in [-0.05, 0) is 18.6 Å². The highest BCUT2D eigenvalue weighted by molar-refractivity contribution is 5.97. The van der Waals surface area contributed by atoms with Crippen molar-refractivity contribution in [3.63, 3.8) is 0 Å². The molecule has 0 radical (unpaired) electrons. The van der Waals surface area contributed by atoms with E-state index in [9.17, 15) is 0 Å². The lowest BCUT2D eigenvalue weighted by atomic mass is 10.3. The van der Waals surface area contributed by atoms with Crippen LogP contribution in [-0.2, 0) is 13.9 Å². The van der Waals surface area contributed by atoms with Gasteiger partial charge in [0.25, 0.3) is 0 Å². The van der Waals surface area contributed by atoms with E-state index in [1.54, 1.807) is 26.4 Å². The first-order valence-electron chi connectivity index (χ1n) is 4.39. The van der Waals surface area contributed by atoms with E-state index in [0.29, 0.717) is 5.76 Å². The van der Waals surface area contributed by atoms with Gasteiger partial charge in [0.1, 0.15) is 22.0 Å². The Morgan fingerprint density at radius 2 is 1.93 bits per heavy atom. The van der Waals surface area contributed by atoms with Gasteiger partial charge in [0.2, 0.25) is 0 Å². The smallest absolute Gasteiger partial charge is 0.145 e. The number of hydrogen-bond donors (Lipinski definition) is 0. The molecule has 0 aromatic heterocycles. The lowest BCUT2D eigenvalue weighted by Gasteiger charge is -2.03. The van der Waals surface area contributed by atoms with E-state index >= 15 is 0 Å². The first kappa shape index (κ1) is 13.0. The second-order valence-electron chi connectivity index (χ2n) is 2.55. The molecule has 14 heavy (non-hydrogen) atoms. The van der Waals surface area contributed by atoms with Crippen molar-refractivity contribution in [1.82, 2.24) is 0 Å². The van der Waals surface area contributed by atoms with Gasteiger partial charge in [0, 0.05) is 12.7 Å². The Bertz CT molecular complexity index is 221. The van der Waals surface area contributed by atoms with Crippen LogP contribution < -0.4 is 0 Å². The Kier molecular flexibility index (Phi) is 7.97. The van der Waals surface area contributed by atoms with E-state index < -0.39 is 0 Å². The zero-order valence-corrected chi connectivity index (χ0v) is 11.1. The third-order valence-corrected chi connectivity index (χ3v) is 2.03. The van der Waals surface area contributed by atoms with Crippen LogP contribution in [0.25, 0.3) is 0 Å². The number of allylic oxidation sites excluding steroid dienone is 2. The summed E-state index contributed by atoms with van der Waals surface area (Å²) < 4.78 is 15.2. The van der Waals surface area contributed by atoms with E-state index in [2.05, 4.69) is 6.58 Å². The molecule has 0 bridgehead atoms. The lowest BCUT2D eigenvalue weighted by Crippen LogP contribution is -1.91. The molecule has 0 saturated carbocycles. The van der Waals surface area contributed by atoms with E-state index in [1.807, 2.05) is 6.08 Å².